The number of sulfonamides is 1. The number of halogens is 1. The summed E-state index contributed by atoms with van der Waals surface area (Å²) in [4.78, 5) is 4.19. The Bertz CT molecular complexity index is 586. The van der Waals surface area contributed by atoms with Crippen LogP contribution < -0.4 is 5.32 Å². The molecule has 1 saturated carbocycles. The molecule has 0 amide bonds. The second kappa shape index (κ2) is 6.94. The van der Waals surface area contributed by atoms with Crippen LogP contribution in [0.25, 0.3) is 0 Å². The Balaban J connectivity index is 2.14. The van der Waals surface area contributed by atoms with Gasteiger partial charge in [-0.3, -0.25) is 0 Å². The minimum absolute atomic E-state index is 0.143. The molecule has 2 rings (SSSR count). The molecule has 0 radical (unpaired) electrons. The van der Waals surface area contributed by atoms with Crippen LogP contribution in [0.5, 0.6) is 0 Å². The van der Waals surface area contributed by atoms with Crippen molar-refractivity contribution in [2.75, 3.05) is 26.0 Å². The Kier molecular flexibility index (Phi) is 5.46. The molecule has 21 heavy (non-hydrogen) atoms. The van der Waals surface area contributed by atoms with Gasteiger partial charge in [-0.25, -0.2) is 17.7 Å². The first-order chi connectivity index (χ1) is 9.95. The molecule has 1 aliphatic rings. The molecular weight excluding hydrogens is 310 g/mol. The summed E-state index contributed by atoms with van der Waals surface area (Å²) in [7, 11) is -0.206. The topological polar surface area (TPSA) is 62.3 Å². The number of pyridine rings is 1. The third kappa shape index (κ3) is 3.87. The Morgan fingerprint density at radius 3 is 2.62 bits per heavy atom. The van der Waals surface area contributed by atoms with Gasteiger partial charge in [0.15, 0.2) is 0 Å². The summed E-state index contributed by atoms with van der Waals surface area (Å²) in [5, 5.41) is 3.13. The maximum Gasteiger partial charge on any atom is 0.244 e. The molecule has 1 aliphatic carbocycles. The highest BCUT2D eigenvalue weighted by Crippen LogP contribution is 2.27. The first-order valence-corrected chi connectivity index (χ1v) is 9.06. The third-order valence-corrected chi connectivity index (χ3v) is 6.08. The summed E-state index contributed by atoms with van der Waals surface area (Å²) in [6.07, 6.45) is 7.23. The van der Waals surface area contributed by atoms with Crippen molar-refractivity contribution in [3.63, 3.8) is 0 Å². The SMILES string of the molecule is CNc1ncc(S(=O)(=O)N(C)CC2CCCCC2)cc1Cl. The van der Waals surface area contributed by atoms with Crippen LogP contribution in [0.1, 0.15) is 32.1 Å². The van der Waals surface area contributed by atoms with E-state index in [0.717, 1.165) is 12.8 Å². The summed E-state index contributed by atoms with van der Waals surface area (Å²) in [6.45, 7) is 0.563. The molecule has 0 aliphatic heterocycles. The molecule has 1 aromatic heterocycles. The molecule has 1 N–H and O–H groups in total. The van der Waals surface area contributed by atoms with Gasteiger partial charge < -0.3 is 5.32 Å². The second-order valence-electron chi connectivity index (χ2n) is 5.54. The molecule has 118 valence electrons. The molecule has 5 nitrogen and oxygen atoms in total. The van der Waals surface area contributed by atoms with Crippen LogP contribution in [0.3, 0.4) is 0 Å². The molecular formula is C14H22ClN3O2S. The van der Waals surface area contributed by atoms with Crippen molar-refractivity contribution in [3.05, 3.63) is 17.3 Å². The quantitative estimate of drug-likeness (QED) is 0.901. The number of aromatic nitrogens is 1. The van der Waals surface area contributed by atoms with Gasteiger partial charge >= 0.3 is 0 Å². The molecule has 0 saturated heterocycles. The Morgan fingerprint density at radius 1 is 1.38 bits per heavy atom. The van der Waals surface area contributed by atoms with Gasteiger partial charge in [-0.05, 0) is 24.8 Å². The highest BCUT2D eigenvalue weighted by atomic mass is 35.5. The lowest BCUT2D eigenvalue weighted by Crippen LogP contribution is -2.32. The summed E-state index contributed by atoms with van der Waals surface area (Å²) >= 11 is 6.02. The zero-order valence-electron chi connectivity index (χ0n) is 12.5. The largest absolute Gasteiger partial charge is 0.372 e. The molecule has 0 bridgehead atoms. The van der Waals surface area contributed by atoms with Crippen LogP contribution >= 0.6 is 11.6 Å². The van der Waals surface area contributed by atoms with Gasteiger partial charge in [0.05, 0.1) is 5.02 Å². The predicted octanol–water partition coefficient (Wildman–Crippen LogP) is 2.98. The molecule has 1 aromatic rings. The molecule has 0 spiro atoms. The van der Waals surface area contributed by atoms with Gasteiger partial charge in [-0.1, -0.05) is 30.9 Å². The summed E-state index contributed by atoms with van der Waals surface area (Å²) in [5.41, 5.74) is 0. The fourth-order valence-corrected chi connectivity index (χ4v) is 4.30. The Labute approximate surface area is 131 Å². The van der Waals surface area contributed by atoms with Crippen molar-refractivity contribution >= 4 is 27.4 Å². The van der Waals surface area contributed by atoms with Gasteiger partial charge in [0.2, 0.25) is 10.0 Å². The number of anilines is 1. The zero-order valence-corrected chi connectivity index (χ0v) is 14.0. The van der Waals surface area contributed by atoms with Crippen LogP contribution in [0.2, 0.25) is 5.02 Å². The number of rotatable bonds is 5. The average Bonchev–Trinajstić information content (AvgIpc) is 2.48. The minimum Gasteiger partial charge on any atom is -0.372 e. The predicted molar refractivity (Wildman–Crippen MR) is 85.2 cm³/mol. The van der Waals surface area contributed by atoms with E-state index in [1.54, 1.807) is 14.1 Å². The maximum absolute atomic E-state index is 12.6. The van der Waals surface area contributed by atoms with Crippen LogP contribution in [-0.2, 0) is 10.0 Å². The normalized spacial score (nSPS) is 17.1. The lowest BCUT2D eigenvalue weighted by molar-refractivity contribution is 0.300. The molecule has 0 unspecified atom stereocenters. The fourth-order valence-electron chi connectivity index (χ4n) is 2.76. The highest BCUT2D eigenvalue weighted by molar-refractivity contribution is 7.89. The Morgan fingerprint density at radius 2 is 2.05 bits per heavy atom. The number of hydrogen-bond donors (Lipinski definition) is 1. The minimum atomic E-state index is -3.53. The fraction of sp³-hybridized carbons (Fsp3) is 0.643. The molecule has 1 heterocycles. The van der Waals surface area contributed by atoms with Crippen LogP contribution in [-0.4, -0.2) is 38.3 Å². The first-order valence-electron chi connectivity index (χ1n) is 7.25. The molecule has 0 atom stereocenters. The van der Waals surface area contributed by atoms with Gasteiger partial charge in [0, 0.05) is 26.8 Å². The van der Waals surface area contributed by atoms with Crippen LogP contribution in [0, 0.1) is 5.92 Å². The van der Waals surface area contributed by atoms with Gasteiger partial charge in [0.25, 0.3) is 0 Å². The van der Waals surface area contributed by atoms with E-state index in [9.17, 15) is 8.42 Å². The van der Waals surface area contributed by atoms with E-state index >= 15 is 0 Å². The standard InChI is InChI=1S/C14H22ClN3O2S/c1-16-14-13(15)8-12(9-17-14)21(19,20)18(2)10-11-6-4-3-5-7-11/h8-9,11H,3-7,10H2,1-2H3,(H,16,17). The van der Waals surface area contributed by atoms with Crippen molar-refractivity contribution in [1.82, 2.24) is 9.29 Å². The summed E-state index contributed by atoms with van der Waals surface area (Å²) in [6, 6.07) is 1.45. The molecule has 0 aromatic carbocycles. The lowest BCUT2D eigenvalue weighted by Gasteiger charge is -2.26. The number of nitrogens with zero attached hydrogens (tertiary/aromatic N) is 2. The van der Waals surface area contributed by atoms with Gasteiger partial charge in [-0.2, -0.15) is 0 Å². The van der Waals surface area contributed by atoms with E-state index in [-0.39, 0.29) is 4.90 Å². The Hall–Kier alpha value is -0.850. The smallest absolute Gasteiger partial charge is 0.244 e. The summed E-state index contributed by atoms with van der Waals surface area (Å²) in [5.74, 6) is 0.934. The van der Waals surface area contributed by atoms with Crippen molar-refractivity contribution < 1.29 is 8.42 Å². The van der Waals surface area contributed by atoms with E-state index in [1.807, 2.05) is 0 Å². The van der Waals surface area contributed by atoms with E-state index < -0.39 is 10.0 Å². The number of hydrogen-bond acceptors (Lipinski definition) is 4. The summed E-state index contributed by atoms with van der Waals surface area (Å²) < 4.78 is 26.6. The van der Waals surface area contributed by atoms with Crippen molar-refractivity contribution in [2.45, 2.75) is 37.0 Å². The third-order valence-electron chi connectivity index (χ3n) is 4.00. The van der Waals surface area contributed by atoms with E-state index in [1.165, 1.54) is 35.8 Å². The maximum atomic E-state index is 12.6. The first kappa shape index (κ1) is 16.5. The van der Waals surface area contributed by atoms with Crippen molar-refractivity contribution in [2.24, 2.45) is 5.92 Å². The van der Waals surface area contributed by atoms with Gasteiger partial charge in [0.1, 0.15) is 10.7 Å². The zero-order chi connectivity index (χ0) is 15.5. The second-order valence-corrected chi connectivity index (χ2v) is 7.99. The highest BCUT2D eigenvalue weighted by Gasteiger charge is 2.25. The van der Waals surface area contributed by atoms with E-state index in [4.69, 9.17) is 11.6 Å². The number of nitrogens with one attached hydrogen (secondary N) is 1. The van der Waals surface area contributed by atoms with E-state index in [2.05, 4.69) is 10.3 Å². The van der Waals surface area contributed by atoms with Crippen LogP contribution in [0.4, 0.5) is 5.82 Å². The van der Waals surface area contributed by atoms with Crippen molar-refractivity contribution in [1.29, 1.82) is 0 Å². The van der Waals surface area contributed by atoms with Crippen molar-refractivity contribution in [3.8, 4) is 0 Å². The average molecular weight is 332 g/mol. The van der Waals surface area contributed by atoms with Gasteiger partial charge in [-0.15, -0.1) is 0 Å². The molecule has 7 heteroatoms. The monoisotopic (exact) mass is 331 g/mol. The lowest BCUT2D eigenvalue weighted by atomic mass is 9.89. The van der Waals surface area contributed by atoms with E-state index in [0.29, 0.717) is 23.3 Å². The molecule has 1 fully saturated rings. The van der Waals surface area contributed by atoms with Crippen LogP contribution in [0.15, 0.2) is 17.2 Å².